The van der Waals surface area contributed by atoms with Gasteiger partial charge in [-0.25, -0.2) is 0 Å². The number of carbonyl (C=O) groups excluding carboxylic acids is 2. The zero-order chi connectivity index (χ0) is 30.5. The van der Waals surface area contributed by atoms with E-state index in [4.69, 9.17) is 17.2 Å². The molecule has 42 heavy (non-hydrogen) atoms. The van der Waals surface area contributed by atoms with E-state index in [0.29, 0.717) is 56.6 Å². The molecule has 0 heterocycles. The zero-order valence-electron chi connectivity index (χ0n) is 25.7. The smallest absolute Gasteiger partial charge is 0.251 e. The third-order valence-electron chi connectivity index (χ3n) is 7.71. The summed E-state index contributed by atoms with van der Waals surface area (Å²) in [4.78, 5) is 25.4. The van der Waals surface area contributed by atoms with E-state index in [1.807, 2.05) is 36.4 Å². The van der Waals surface area contributed by atoms with Crippen LogP contribution in [0.4, 0.5) is 0 Å². The van der Waals surface area contributed by atoms with Crippen molar-refractivity contribution in [3.63, 3.8) is 0 Å². The Hall–Kier alpha value is -3.18. The number of amides is 2. The number of benzene rings is 2. The first-order valence-electron chi connectivity index (χ1n) is 15.9. The topological polar surface area (TPSA) is 136 Å². The maximum Gasteiger partial charge on any atom is 0.251 e. The van der Waals surface area contributed by atoms with Crippen LogP contribution in [0.25, 0.3) is 0 Å². The van der Waals surface area contributed by atoms with Gasteiger partial charge in [-0.05, 0) is 93.8 Å². The van der Waals surface area contributed by atoms with Crippen LogP contribution in [-0.4, -0.2) is 43.5 Å². The van der Waals surface area contributed by atoms with Crippen molar-refractivity contribution >= 4 is 11.8 Å². The van der Waals surface area contributed by atoms with Crippen LogP contribution in [0, 0.1) is 11.8 Å². The van der Waals surface area contributed by atoms with Crippen molar-refractivity contribution in [1.29, 1.82) is 0 Å². The van der Waals surface area contributed by atoms with Crippen LogP contribution >= 0.6 is 0 Å². The Bertz CT molecular complexity index is 1090. The molecule has 7 nitrogen and oxygen atoms in total. The van der Waals surface area contributed by atoms with Crippen LogP contribution in [0.15, 0.2) is 48.5 Å². The maximum absolute atomic E-state index is 12.9. The molecule has 2 amide bonds. The fourth-order valence-electron chi connectivity index (χ4n) is 5.18. The van der Waals surface area contributed by atoms with Gasteiger partial charge >= 0.3 is 0 Å². The van der Waals surface area contributed by atoms with Crippen LogP contribution in [-0.2, 0) is 0 Å². The third-order valence-corrected chi connectivity index (χ3v) is 7.71. The highest BCUT2D eigenvalue weighted by molar-refractivity contribution is 5.95. The molecular weight excluding hydrogens is 522 g/mol. The molecular formula is C35H53N5O2. The molecule has 0 unspecified atom stereocenters. The lowest BCUT2D eigenvalue weighted by atomic mass is 9.87. The van der Waals surface area contributed by atoms with Gasteiger partial charge in [0.25, 0.3) is 11.8 Å². The van der Waals surface area contributed by atoms with Gasteiger partial charge in [0.05, 0.1) is 0 Å². The normalized spacial score (nSPS) is 11.0. The van der Waals surface area contributed by atoms with Gasteiger partial charge < -0.3 is 27.8 Å². The molecule has 0 aromatic heterocycles. The molecule has 0 saturated carbocycles. The number of hydrogen-bond donors (Lipinski definition) is 5. The largest absolute Gasteiger partial charge is 0.352 e. The molecule has 0 aliphatic rings. The molecule has 7 heteroatoms. The predicted molar refractivity (Wildman–Crippen MR) is 174 cm³/mol. The fraction of sp³-hybridized carbons (Fsp3) is 0.543. The SMILES string of the molecule is CCCCCCCCCCCCNC(=O)c1ccc(C#Cc2ccc(C(=O)NC(CCN)(CCN)CCN)cc2)cc1. The Morgan fingerprint density at radius 2 is 1.02 bits per heavy atom. The average Bonchev–Trinajstić information content (AvgIpc) is 2.99. The molecule has 0 atom stereocenters. The number of rotatable bonds is 20. The Balaban J connectivity index is 1.79. The lowest BCUT2D eigenvalue weighted by Crippen LogP contribution is -2.52. The number of nitrogens with two attached hydrogens (primary N) is 3. The highest BCUT2D eigenvalue weighted by atomic mass is 16.2. The van der Waals surface area contributed by atoms with Gasteiger partial charge in [-0.1, -0.05) is 76.6 Å². The predicted octanol–water partition coefficient (Wildman–Crippen LogP) is 5.25. The quantitative estimate of drug-likeness (QED) is 0.108. The van der Waals surface area contributed by atoms with E-state index in [1.54, 1.807) is 12.1 Å². The number of hydrogen-bond acceptors (Lipinski definition) is 5. The molecule has 230 valence electrons. The second-order valence-corrected chi connectivity index (χ2v) is 11.2. The van der Waals surface area contributed by atoms with Crippen molar-refractivity contribution in [2.24, 2.45) is 17.2 Å². The van der Waals surface area contributed by atoms with E-state index in [0.717, 1.165) is 24.0 Å². The van der Waals surface area contributed by atoms with Gasteiger partial charge in [-0.3, -0.25) is 9.59 Å². The van der Waals surface area contributed by atoms with Crippen molar-refractivity contribution in [2.45, 2.75) is 95.9 Å². The van der Waals surface area contributed by atoms with E-state index in [1.165, 1.54) is 51.4 Å². The number of nitrogens with one attached hydrogen (secondary N) is 2. The van der Waals surface area contributed by atoms with E-state index >= 15 is 0 Å². The van der Waals surface area contributed by atoms with E-state index in [2.05, 4.69) is 29.4 Å². The summed E-state index contributed by atoms with van der Waals surface area (Å²) in [6.45, 7) is 4.29. The van der Waals surface area contributed by atoms with Crippen molar-refractivity contribution in [3.8, 4) is 11.8 Å². The first-order chi connectivity index (χ1) is 20.5. The average molecular weight is 576 g/mol. The van der Waals surface area contributed by atoms with Crippen molar-refractivity contribution < 1.29 is 9.59 Å². The molecule has 0 radical (unpaired) electrons. The van der Waals surface area contributed by atoms with E-state index in [9.17, 15) is 9.59 Å². The second-order valence-electron chi connectivity index (χ2n) is 11.2. The van der Waals surface area contributed by atoms with Gasteiger partial charge in [0.1, 0.15) is 0 Å². The summed E-state index contributed by atoms with van der Waals surface area (Å²) in [7, 11) is 0. The zero-order valence-corrected chi connectivity index (χ0v) is 25.7. The summed E-state index contributed by atoms with van der Waals surface area (Å²) in [5, 5.41) is 6.15. The summed E-state index contributed by atoms with van der Waals surface area (Å²) < 4.78 is 0. The third kappa shape index (κ3) is 13.2. The van der Waals surface area contributed by atoms with Crippen LogP contribution in [0.3, 0.4) is 0 Å². The molecule has 2 rings (SSSR count). The molecule has 0 spiro atoms. The lowest BCUT2D eigenvalue weighted by Gasteiger charge is -2.34. The molecule has 0 bridgehead atoms. The summed E-state index contributed by atoms with van der Waals surface area (Å²) in [6, 6.07) is 14.5. The van der Waals surface area contributed by atoms with Gasteiger partial charge in [0.2, 0.25) is 0 Å². The Morgan fingerprint density at radius 1 is 0.619 bits per heavy atom. The van der Waals surface area contributed by atoms with Gasteiger partial charge in [-0.2, -0.15) is 0 Å². The Labute approximate surface area is 253 Å². The number of unbranched alkanes of at least 4 members (excludes halogenated alkanes) is 9. The highest BCUT2D eigenvalue weighted by Crippen LogP contribution is 2.20. The summed E-state index contributed by atoms with van der Waals surface area (Å²) in [6.07, 6.45) is 14.6. The minimum Gasteiger partial charge on any atom is -0.352 e. The Morgan fingerprint density at radius 3 is 1.45 bits per heavy atom. The summed E-state index contributed by atoms with van der Waals surface area (Å²) in [5.41, 5.74) is 19.7. The van der Waals surface area contributed by atoms with Gasteiger partial charge in [0, 0.05) is 34.3 Å². The van der Waals surface area contributed by atoms with Crippen LogP contribution < -0.4 is 27.8 Å². The van der Waals surface area contributed by atoms with E-state index < -0.39 is 5.54 Å². The van der Waals surface area contributed by atoms with Crippen molar-refractivity contribution in [1.82, 2.24) is 10.6 Å². The van der Waals surface area contributed by atoms with Crippen molar-refractivity contribution in [3.05, 3.63) is 70.8 Å². The minimum atomic E-state index is -0.496. The molecule has 2 aromatic rings. The van der Waals surface area contributed by atoms with E-state index in [-0.39, 0.29) is 11.8 Å². The molecule has 2 aromatic carbocycles. The molecule has 0 aliphatic carbocycles. The molecule has 8 N–H and O–H groups in total. The van der Waals surface area contributed by atoms with Crippen LogP contribution in [0.1, 0.15) is 122 Å². The summed E-state index contributed by atoms with van der Waals surface area (Å²) >= 11 is 0. The molecule has 0 fully saturated rings. The first kappa shape index (κ1) is 35.0. The highest BCUT2D eigenvalue weighted by Gasteiger charge is 2.30. The monoisotopic (exact) mass is 575 g/mol. The standard InChI is InChI=1S/C35H53N5O2/c1-2-3-4-5-6-7-8-9-10-11-28-39-33(41)31-18-14-29(15-19-31)12-13-30-16-20-32(21-17-30)34(42)40-35(22-25-36,23-26-37)24-27-38/h14-21H,2-11,22-28,36-38H2,1H3,(H,39,41)(H,40,42). The second kappa shape index (κ2) is 20.7. The Kier molecular flexibility index (Phi) is 17.2. The van der Waals surface area contributed by atoms with Gasteiger partial charge in [-0.15, -0.1) is 0 Å². The molecule has 0 aliphatic heterocycles. The number of carbonyl (C=O) groups is 2. The molecule has 0 saturated heterocycles. The first-order valence-corrected chi connectivity index (χ1v) is 15.9. The van der Waals surface area contributed by atoms with Crippen LogP contribution in [0.2, 0.25) is 0 Å². The minimum absolute atomic E-state index is 0.0484. The van der Waals surface area contributed by atoms with Gasteiger partial charge in [0.15, 0.2) is 0 Å². The maximum atomic E-state index is 12.9. The van der Waals surface area contributed by atoms with Crippen molar-refractivity contribution in [2.75, 3.05) is 26.2 Å². The lowest BCUT2D eigenvalue weighted by molar-refractivity contribution is 0.0882. The summed E-state index contributed by atoms with van der Waals surface area (Å²) in [5.74, 6) is 6.04. The fourth-order valence-corrected chi connectivity index (χ4v) is 5.18. The van der Waals surface area contributed by atoms with Crippen LogP contribution in [0.5, 0.6) is 0 Å².